The van der Waals surface area contributed by atoms with Crippen molar-refractivity contribution in [1.29, 1.82) is 0 Å². The minimum Gasteiger partial charge on any atom is -0.486 e. The third-order valence-corrected chi connectivity index (χ3v) is 6.83. The highest BCUT2D eigenvalue weighted by Crippen LogP contribution is 2.59. The summed E-state index contributed by atoms with van der Waals surface area (Å²) >= 11 is 0. The third kappa shape index (κ3) is 4.04. The van der Waals surface area contributed by atoms with Crippen LogP contribution in [0.4, 0.5) is 13.2 Å². The normalized spacial score (nSPS) is 25.5. The molecule has 3 atom stereocenters. The van der Waals surface area contributed by atoms with Gasteiger partial charge in [0.1, 0.15) is 17.1 Å². The number of para-hydroxylation sites is 1. The average Bonchev–Trinajstić information content (AvgIpc) is 3.29. The molecule has 31 heavy (non-hydrogen) atoms. The largest absolute Gasteiger partial charge is 0.486 e. The lowest BCUT2D eigenvalue weighted by molar-refractivity contribution is -0.143. The van der Waals surface area contributed by atoms with Crippen molar-refractivity contribution in [3.05, 3.63) is 59.7 Å². The molecule has 0 heterocycles. The highest BCUT2D eigenvalue weighted by molar-refractivity contribution is 5.91. The van der Waals surface area contributed by atoms with Crippen LogP contribution < -0.4 is 9.47 Å². The molecule has 0 aliphatic heterocycles. The maximum absolute atomic E-state index is 13.8. The summed E-state index contributed by atoms with van der Waals surface area (Å²) in [4.78, 5) is 12.6. The molecule has 4 rings (SSSR count). The van der Waals surface area contributed by atoms with Crippen LogP contribution in [0, 0.1) is 17.3 Å². The Morgan fingerprint density at radius 3 is 2.29 bits per heavy atom. The molecule has 2 saturated carbocycles. The van der Waals surface area contributed by atoms with E-state index in [0.29, 0.717) is 11.7 Å². The van der Waals surface area contributed by atoms with Crippen LogP contribution in [0.25, 0.3) is 0 Å². The van der Waals surface area contributed by atoms with Crippen LogP contribution >= 0.6 is 0 Å². The second-order valence-corrected chi connectivity index (χ2v) is 9.73. The lowest BCUT2D eigenvalue weighted by Crippen LogP contribution is -2.52. The second-order valence-electron chi connectivity index (χ2n) is 9.73. The van der Waals surface area contributed by atoms with Gasteiger partial charge in [0.25, 0.3) is 0 Å². The van der Waals surface area contributed by atoms with Crippen LogP contribution in [0.2, 0.25) is 0 Å². The molecule has 3 unspecified atom stereocenters. The third-order valence-electron chi connectivity index (χ3n) is 6.83. The number of hydrogen-bond acceptors (Lipinski definition) is 3. The highest BCUT2D eigenvalue weighted by atomic mass is 19.4. The summed E-state index contributed by atoms with van der Waals surface area (Å²) in [7, 11) is 0. The van der Waals surface area contributed by atoms with Gasteiger partial charge in [-0.2, -0.15) is 13.2 Å². The zero-order valence-electron chi connectivity index (χ0n) is 18.0. The number of esters is 1. The molecule has 0 aromatic heterocycles. The molecule has 0 spiro atoms. The van der Waals surface area contributed by atoms with Crippen molar-refractivity contribution in [3.8, 4) is 11.5 Å². The summed E-state index contributed by atoms with van der Waals surface area (Å²) in [6.45, 7) is 6.07. The van der Waals surface area contributed by atoms with Gasteiger partial charge in [-0.15, -0.1) is 0 Å². The number of ether oxygens (including phenoxy) is 2. The molecule has 0 N–H and O–H groups in total. The van der Waals surface area contributed by atoms with E-state index in [1.54, 1.807) is 30.3 Å². The predicted octanol–water partition coefficient (Wildman–Crippen LogP) is 6.91. The highest BCUT2D eigenvalue weighted by Gasteiger charge is 2.59. The Hall–Kier alpha value is -2.50. The van der Waals surface area contributed by atoms with E-state index in [1.807, 2.05) is 20.8 Å². The van der Waals surface area contributed by atoms with E-state index >= 15 is 0 Å². The summed E-state index contributed by atoms with van der Waals surface area (Å²) < 4.78 is 53.1. The Bertz CT molecular complexity index is 962. The standard InChI is InChI=1S/C25H27F3O3/c1-23(2,3)24(15-16-9-11-18(24)13-16)31-21-14-17(10-12-20(21)25(26,27)28)22(29)30-19-7-5-4-6-8-19/h4-8,10,12,14,16,18H,9,11,13,15H2,1-3H3. The van der Waals surface area contributed by atoms with Crippen molar-refractivity contribution in [2.24, 2.45) is 17.3 Å². The van der Waals surface area contributed by atoms with E-state index in [1.165, 1.54) is 6.07 Å². The first kappa shape index (κ1) is 21.7. The van der Waals surface area contributed by atoms with Crippen LogP contribution in [0.1, 0.15) is 62.4 Å². The van der Waals surface area contributed by atoms with Gasteiger partial charge in [0.2, 0.25) is 0 Å². The first-order valence-corrected chi connectivity index (χ1v) is 10.7. The molecule has 166 valence electrons. The van der Waals surface area contributed by atoms with Crippen LogP contribution in [-0.4, -0.2) is 11.6 Å². The number of carbonyl (C=O) groups excluding carboxylic acids is 1. The summed E-state index contributed by atoms with van der Waals surface area (Å²) in [6, 6.07) is 11.7. The van der Waals surface area contributed by atoms with E-state index in [2.05, 4.69) is 0 Å². The number of hydrogen-bond donors (Lipinski definition) is 0. The number of rotatable bonds is 4. The molecule has 6 heteroatoms. The lowest BCUT2D eigenvalue weighted by Gasteiger charge is -2.48. The van der Waals surface area contributed by atoms with E-state index in [0.717, 1.165) is 37.8 Å². The number of benzene rings is 2. The topological polar surface area (TPSA) is 35.5 Å². The van der Waals surface area contributed by atoms with Gasteiger partial charge in [0, 0.05) is 5.41 Å². The van der Waals surface area contributed by atoms with Gasteiger partial charge < -0.3 is 9.47 Å². The van der Waals surface area contributed by atoms with Gasteiger partial charge in [0.05, 0.1) is 11.1 Å². The fraction of sp³-hybridized carbons (Fsp3) is 0.480. The first-order valence-electron chi connectivity index (χ1n) is 10.7. The summed E-state index contributed by atoms with van der Waals surface area (Å²) in [5, 5.41) is 0. The van der Waals surface area contributed by atoms with Gasteiger partial charge in [-0.05, 0) is 67.9 Å². The molecule has 0 saturated heterocycles. The van der Waals surface area contributed by atoms with Crippen molar-refractivity contribution in [1.82, 2.24) is 0 Å². The minimum absolute atomic E-state index is 0.0269. The molecule has 2 fully saturated rings. The van der Waals surface area contributed by atoms with Gasteiger partial charge in [0.15, 0.2) is 0 Å². The maximum Gasteiger partial charge on any atom is 0.419 e. The molecule has 3 nitrogen and oxygen atoms in total. The SMILES string of the molecule is CC(C)(C)C1(Oc2cc(C(=O)Oc3ccccc3)ccc2C(F)(F)F)CC2CCC1C2. The lowest BCUT2D eigenvalue weighted by atomic mass is 9.67. The van der Waals surface area contributed by atoms with Crippen molar-refractivity contribution in [3.63, 3.8) is 0 Å². The van der Waals surface area contributed by atoms with Crippen molar-refractivity contribution < 1.29 is 27.4 Å². The molecule has 0 amide bonds. The monoisotopic (exact) mass is 432 g/mol. The smallest absolute Gasteiger partial charge is 0.419 e. The number of alkyl halides is 3. The fourth-order valence-corrected chi connectivity index (χ4v) is 5.29. The molecular weight excluding hydrogens is 405 g/mol. The van der Waals surface area contributed by atoms with Crippen LogP contribution in [0.5, 0.6) is 11.5 Å². The van der Waals surface area contributed by atoms with Crippen LogP contribution in [0.3, 0.4) is 0 Å². The predicted molar refractivity (Wildman–Crippen MR) is 111 cm³/mol. The van der Waals surface area contributed by atoms with Crippen molar-refractivity contribution in [2.75, 3.05) is 0 Å². The fourth-order valence-electron chi connectivity index (χ4n) is 5.29. The molecule has 2 aliphatic carbocycles. The summed E-state index contributed by atoms with van der Waals surface area (Å²) in [5.74, 6) is -0.00237. The zero-order valence-corrected chi connectivity index (χ0v) is 18.0. The van der Waals surface area contributed by atoms with Gasteiger partial charge in [-0.25, -0.2) is 4.79 Å². The Morgan fingerprint density at radius 2 is 1.74 bits per heavy atom. The van der Waals surface area contributed by atoms with E-state index in [9.17, 15) is 18.0 Å². The molecule has 0 radical (unpaired) electrons. The Labute approximate surface area is 180 Å². The quantitative estimate of drug-likeness (QED) is 0.389. The number of fused-ring (bicyclic) bond motifs is 2. The van der Waals surface area contributed by atoms with E-state index in [-0.39, 0.29) is 22.6 Å². The molecule has 2 aromatic rings. The zero-order chi connectivity index (χ0) is 22.4. The first-order chi connectivity index (χ1) is 14.5. The maximum atomic E-state index is 13.8. The van der Waals surface area contributed by atoms with Gasteiger partial charge in [-0.1, -0.05) is 39.0 Å². The summed E-state index contributed by atoms with van der Waals surface area (Å²) in [6.07, 6.45) is -0.820. The van der Waals surface area contributed by atoms with Crippen LogP contribution in [0.15, 0.2) is 48.5 Å². The van der Waals surface area contributed by atoms with Gasteiger partial charge in [-0.3, -0.25) is 0 Å². The van der Waals surface area contributed by atoms with Crippen LogP contribution in [-0.2, 0) is 6.18 Å². The Balaban J connectivity index is 1.71. The second kappa shape index (κ2) is 7.57. The average molecular weight is 432 g/mol. The Morgan fingerprint density at radius 1 is 1.03 bits per heavy atom. The number of carbonyl (C=O) groups is 1. The number of halogens is 3. The van der Waals surface area contributed by atoms with E-state index in [4.69, 9.17) is 9.47 Å². The minimum atomic E-state index is -4.59. The molecular formula is C25H27F3O3. The Kier molecular flexibility index (Phi) is 5.31. The van der Waals surface area contributed by atoms with Crippen molar-refractivity contribution >= 4 is 5.97 Å². The molecule has 2 bridgehead atoms. The van der Waals surface area contributed by atoms with Gasteiger partial charge >= 0.3 is 12.1 Å². The van der Waals surface area contributed by atoms with E-state index < -0.39 is 23.3 Å². The summed E-state index contributed by atoms with van der Waals surface area (Å²) in [5.41, 5.74) is -1.89. The molecule has 2 aliphatic rings. The van der Waals surface area contributed by atoms with Crippen molar-refractivity contribution in [2.45, 2.75) is 58.2 Å². The molecule has 2 aromatic carbocycles.